The Kier molecular flexibility index (Phi) is 4.53. The van der Waals surface area contributed by atoms with Gasteiger partial charge in [0.1, 0.15) is 5.69 Å². The van der Waals surface area contributed by atoms with Crippen molar-refractivity contribution in [2.45, 2.75) is 64.5 Å². The van der Waals surface area contributed by atoms with Crippen molar-refractivity contribution < 1.29 is 0 Å². The molecule has 1 heterocycles. The minimum absolute atomic E-state index is 0.0628. The summed E-state index contributed by atoms with van der Waals surface area (Å²) in [5.41, 5.74) is 0.483. The number of rotatable bonds is 4. The number of hydrogen-bond donors (Lipinski definition) is 1. The maximum atomic E-state index is 12.6. The minimum atomic E-state index is -0.0628. The van der Waals surface area contributed by atoms with E-state index in [9.17, 15) is 4.79 Å². The first kappa shape index (κ1) is 14.9. The molecule has 0 amide bonds. The van der Waals surface area contributed by atoms with Crippen LogP contribution in [0.3, 0.4) is 0 Å². The van der Waals surface area contributed by atoms with E-state index in [-0.39, 0.29) is 5.56 Å². The molecule has 5 heteroatoms. The first-order chi connectivity index (χ1) is 10.1. The van der Waals surface area contributed by atoms with Crippen LogP contribution in [0.2, 0.25) is 5.02 Å². The van der Waals surface area contributed by atoms with Crippen LogP contribution in [0.25, 0.3) is 0 Å². The van der Waals surface area contributed by atoms with Gasteiger partial charge in [-0.3, -0.25) is 4.79 Å². The Morgan fingerprint density at radius 2 is 2.05 bits per heavy atom. The minimum Gasteiger partial charge on any atom is -0.376 e. The van der Waals surface area contributed by atoms with E-state index in [2.05, 4.69) is 17.3 Å². The first-order valence-electron chi connectivity index (χ1n) is 8.17. The molecule has 0 bridgehead atoms. The van der Waals surface area contributed by atoms with E-state index in [0.717, 1.165) is 13.0 Å². The predicted molar refractivity (Wildman–Crippen MR) is 85.9 cm³/mol. The number of hydrogen-bond acceptors (Lipinski definition) is 3. The van der Waals surface area contributed by atoms with Gasteiger partial charge in [0.2, 0.25) is 0 Å². The van der Waals surface area contributed by atoms with Gasteiger partial charge in [-0.25, -0.2) is 4.68 Å². The third kappa shape index (κ3) is 3.25. The summed E-state index contributed by atoms with van der Waals surface area (Å²) in [6.45, 7) is 2.98. The van der Waals surface area contributed by atoms with E-state index >= 15 is 0 Å². The fourth-order valence-corrected chi connectivity index (χ4v) is 3.54. The maximum Gasteiger partial charge on any atom is 0.291 e. The molecule has 4 nitrogen and oxygen atoms in total. The van der Waals surface area contributed by atoms with Crippen LogP contribution < -0.4 is 10.9 Å². The fourth-order valence-electron chi connectivity index (χ4n) is 3.37. The maximum absolute atomic E-state index is 12.6. The van der Waals surface area contributed by atoms with Crippen molar-refractivity contribution >= 4 is 17.3 Å². The van der Waals surface area contributed by atoms with E-state index < -0.39 is 0 Å². The Bertz CT molecular complexity index is 553. The molecular weight excluding hydrogens is 286 g/mol. The summed E-state index contributed by atoms with van der Waals surface area (Å²) >= 11 is 6.21. The largest absolute Gasteiger partial charge is 0.376 e. The molecule has 2 fully saturated rings. The molecule has 1 aromatic rings. The van der Waals surface area contributed by atoms with Crippen molar-refractivity contribution in [3.63, 3.8) is 0 Å². The monoisotopic (exact) mass is 309 g/mol. The van der Waals surface area contributed by atoms with Gasteiger partial charge in [0, 0.05) is 12.6 Å². The van der Waals surface area contributed by atoms with Gasteiger partial charge in [0.05, 0.1) is 11.2 Å². The molecule has 21 heavy (non-hydrogen) atoms. The summed E-state index contributed by atoms with van der Waals surface area (Å²) in [6, 6.07) is 0.350. The van der Waals surface area contributed by atoms with Crippen molar-refractivity contribution in [1.82, 2.24) is 9.78 Å². The van der Waals surface area contributed by atoms with Crippen LogP contribution >= 0.6 is 11.6 Å². The van der Waals surface area contributed by atoms with Crippen LogP contribution in [0.5, 0.6) is 0 Å². The molecule has 2 aliphatic carbocycles. The van der Waals surface area contributed by atoms with Gasteiger partial charge < -0.3 is 5.32 Å². The van der Waals surface area contributed by atoms with Crippen molar-refractivity contribution in [1.29, 1.82) is 0 Å². The topological polar surface area (TPSA) is 46.9 Å². The quantitative estimate of drug-likeness (QED) is 0.922. The molecule has 1 aromatic heterocycles. The summed E-state index contributed by atoms with van der Waals surface area (Å²) < 4.78 is 1.59. The van der Waals surface area contributed by atoms with Crippen LogP contribution in [-0.4, -0.2) is 15.8 Å². The highest BCUT2D eigenvalue weighted by Crippen LogP contribution is 2.29. The Hall–Kier alpha value is -1.03. The fraction of sp³-hybridized carbons (Fsp3) is 0.750. The van der Waals surface area contributed by atoms with Crippen LogP contribution in [0.1, 0.15) is 51.9 Å². The average molecular weight is 310 g/mol. The standard InChI is InChI=1S/C16H24ClN3O/c1-11-5-2-3-8-14(11)19-15-13(17)9-18-20(16(15)21)10-12-6-4-7-12/h9,11-12,14,19H,2-8,10H2,1H3. The van der Waals surface area contributed by atoms with Crippen molar-refractivity contribution in [2.75, 3.05) is 5.32 Å². The lowest BCUT2D eigenvalue weighted by molar-refractivity contribution is 0.262. The second kappa shape index (κ2) is 6.39. The smallest absolute Gasteiger partial charge is 0.291 e. The van der Waals surface area contributed by atoms with Gasteiger partial charge in [-0.15, -0.1) is 0 Å². The third-order valence-electron chi connectivity index (χ3n) is 5.09. The van der Waals surface area contributed by atoms with E-state index in [0.29, 0.717) is 28.6 Å². The highest BCUT2D eigenvalue weighted by atomic mass is 35.5. The lowest BCUT2D eigenvalue weighted by Gasteiger charge is -2.30. The van der Waals surface area contributed by atoms with Gasteiger partial charge in [0.15, 0.2) is 0 Å². The summed E-state index contributed by atoms with van der Waals surface area (Å²) in [7, 11) is 0. The zero-order valence-electron chi connectivity index (χ0n) is 12.6. The number of anilines is 1. The molecule has 116 valence electrons. The van der Waals surface area contributed by atoms with Gasteiger partial charge in [-0.05, 0) is 37.5 Å². The second-order valence-electron chi connectivity index (χ2n) is 6.66. The Morgan fingerprint density at radius 1 is 1.29 bits per heavy atom. The molecular formula is C16H24ClN3O. The number of nitrogens with zero attached hydrogens (tertiary/aromatic N) is 2. The van der Waals surface area contributed by atoms with Crippen LogP contribution in [0.4, 0.5) is 5.69 Å². The van der Waals surface area contributed by atoms with Gasteiger partial charge >= 0.3 is 0 Å². The predicted octanol–water partition coefficient (Wildman–Crippen LogP) is 3.69. The average Bonchev–Trinajstić information content (AvgIpc) is 2.42. The van der Waals surface area contributed by atoms with Gasteiger partial charge in [0.25, 0.3) is 5.56 Å². The summed E-state index contributed by atoms with van der Waals surface area (Å²) in [4.78, 5) is 12.6. The molecule has 2 unspecified atom stereocenters. The summed E-state index contributed by atoms with van der Waals surface area (Å²) in [5, 5.41) is 8.06. The Balaban J connectivity index is 1.79. The van der Waals surface area contributed by atoms with Crippen molar-refractivity contribution in [3.8, 4) is 0 Å². The lowest BCUT2D eigenvalue weighted by Crippen LogP contribution is -2.36. The number of halogens is 1. The molecule has 2 aliphatic rings. The molecule has 2 saturated carbocycles. The molecule has 0 aromatic carbocycles. The van der Waals surface area contributed by atoms with E-state index in [1.54, 1.807) is 10.9 Å². The lowest BCUT2D eigenvalue weighted by atomic mass is 9.85. The molecule has 0 radical (unpaired) electrons. The number of aromatic nitrogens is 2. The Morgan fingerprint density at radius 3 is 2.71 bits per heavy atom. The van der Waals surface area contributed by atoms with Gasteiger partial charge in [-0.1, -0.05) is 37.8 Å². The van der Waals surface area contributed by atoms with E-state index in [1.165, 1.54) is 38.5 Å². The molecule has 2 atom stereocenters. The highest BCUT2D eigenvalue weighted by molar-refractivity contribution is 6.33. The van der Waals surface area contributed by atoms with E-state index in [4.69, 9.17) is 11.6 Å². The molecule has 0 spiro atoms. The Labute approximate surface area is 130 Å². The number of nitrogens with one attached hydrogen (secondary N) is 1. The summed E-state index contributed by atoms with van der Waals surface area (Å²) in [5.74, 6) is 1.19. The van der Waals surface area contributed by atoms with Crippen LogP contribution in [-0.2, 0) is 6.54 Å². The molecule has 3 rings (SSSR count). The highest BCUT2D eigenvalue weighted by Gasteiger charge is 2.24. The normalized spacial score (nSPS) is 26.4. The zero-order valence-corrected chi connectivity index (χ0v) is 13.4. The van der Waals surface area contributed by atoms with Gasteiger partial charge in [-0.2, -0.15) is 5.10 Å². The molecule has 0 aliphatic heterocycles. The second-order valence-corrected chi connectivity index (χ2v) is 7.07. The zero-order chi connectivity index (χ0) is 14.8. The van der Waals surface area contributed by atoms with Crippen molar-refractivity contribution in [3.05, 3.63) is 21.6 Å². The van der Waals surface area contributed by atoms with Crippen LogP contribution in [0.15, 0.2) is 11.0 Å². The summed E-state index contributed by atoms with van der Waals surface area (Å²) in [6.07, 6.45) is 10.1. The SMILES string of the molecule is CC1CCCCC1Nc1c(Cl)cnn(CC2CCC2)c1=O. The molecule has 1 N–H and O–H groups in total. The third-order valence-corrected chi connectivity index (χ3v) is 5.38. The van der Waals surface area contributed by atoms with E-state index in [1.807, 2.05) is 0 Å². The first-order valence-corrected chi connectivity index (χ1v) is 8.55. The van der Waals surface area contributed by atoms with Crippen LogP contribution in [0, 0.1) is 11.8 Å². The van der Waals surface area contributed by atoms with Crippen molar-refractivity contribution in [2.24, 2.45) is 11.8 Å². The molecule has 0 saturated heterocycles.